The molecule has 0 bridgehead atoms. The molecule has 0 aromatic heterocycles. The van der Waals surface area contributed by atoms with Crippen molar-refractivity contribution in [2.75, 3.05) is 13.1 Å². The number of likely N-dealkylation sites (tertiary alicyclic amines) is 1. The van der Waals surface area contributed by atoms with Gasteiger partial charge in [0.05, 0.1) is 0 Å². The van der Waals surface area contributed by atoms with Gasteiger partial charge in [0.25, 0.3) is 0 Å². The van der Waals surface area contributed by atoms with Crippen LogP contribution in [-0.4, -0.2) is 23.9 Å². The molecule has 2 rings (SSSR count). The largest absolute Gasteiger partial charge is 0.343 e. The second-order valence-electron chi connectivity index (χ2n) is 5.28. The number of rotatable bonds is 0. The van der Waals surface area contributed by atoms with E-state index in [1.807, 2.05) is 4.90 Å². The second-order valence-corrected chi connectivity index (χ2v) is 5.28. The maximum absolute atomic E-state index is 11.2. The molecule has 1 aliphatic heterocycles. The highest BCUT2D eigenvalue weighted by Crippen LogP contribution is 2.57. The molecule has 1 aliphatic carbocycles. The summed E-state index contributed by atoms with van der Waals surface area (Å²) in [6.45, 7) is 8.42. The summed E-state index contributed by atoms with van der Waals surface area (Å²) in [5.74, 6) is 2.01. The molecule has 1 amide bonds. The van der Waals surface area contributed by atoms with Crippen molar-refractivity contribution in [1.82, 2.24) is 4.90 Å². The standard InChI is InChI=1S/C12H21NO/c1-9-8-10(2)12(9)4-6-13(7-5-12)11(3)14/h9-10H,4-8H2,1-3H3. The molecule has 2 fully saturated rings. The number of hydrogen-bond acceptors (Lipinski definition) is 1. The van der Waals surface area contributed by atoms with E-state index in [9.17, 15) is 4.79 Å². The van der Waals surface area contributed by atoms with E-state index >= 15 is 0 Å². The van der Waals surface area contributed by atoms with Crippen molar-refractivity contribution in [3.8, 4) is 0 Å². The average molecular weight is 195 g/mol. The Morgan fingerprint density at radius 2 is 1.71 bits per heavy atom. The topological polar surface area (TPSA) is 20.3 Å². The molecule has 80 valence electrons. The Bertz CT molecular complexity index is 231. The van der Waals surface area contributed by atoms with E-state index in [1.165, 1.54) is 19.3 Å². The van der Waals surface area contributed by atoms with Crippen molar-refractivity contribution >= 4 is 5.91 Å². The van der Waals surface area contributed by atoms with Crippen LogP contribution < -0.4 is 0 Å². The van der Waals surface area contributed by atoms with Crippen LogP contribution in [0.1, 0.15) is 40.0 Å². The molecule has 0 aromatic carbocycles. The summed E-state index contributed by atoms with van der Waals surface area (Å²) in [7, 11) is 0. The van der Waals surface area contributed by atoms with Crippen molar-refractivity contribution in [3.63, 3.8) is 0 Å². The first-order chi connectivity index (χ1) is 6.56. The minimum atomic E-state index is 0.250. The van der Waals surface area contributed by atoms with Crippen molar-refractivity contribution in [2.24, 2.45) is 17.3 Å². The van der Waals surface area contributed by atoms with Gasteiger partial charge in [-0.2, -0.15) is 0 Å². The van der Waals surface area contributed by atoms with Crippen LogP contribution in [0.5, 0.6) is 0 Å². The fourth-order valence-electron chi connectivity index (χ4n) is 3.55. The van der Waals surface area contributed by atoms with Crippen molar-refractivity contribution < 1.29 is 4.79 Å². The fourth-order valence-corrected chi connectivity index (χ4v) is 3.55. The quantitative estimate of drug-likeness (QED) is 0.581. The third-order valence-corrected chi connectivity index (χ3v) is 4.81. The van der Waals surface area contributed by atoms with E-state index in [0.717, 1.165) is 24.9 Å². The first kappa shape index (κ1) is 10.0. The first-order valence-corrected chi connectivity index (χ1v) is 5.82. The van der Waals surface area contributed by atoms with Crippen LogP contribution in [0.2, 0.25) is 0 Å². The van der Waals surface area contributed by atoms with E-state index < -0.39 is 0 Å². The summed E-state index contributed by atoms with van der Waals surface area (Å²) < 4.78 is 0. The summed E-state index contributed by atoms with van der Waals surface area (Å²) in [6.07, 6.45) is 3.85. The zero-order valence-corrected chi connectivity index (χ0v) is 9.55. The lowest BCUT2D eigenvalue weighted by Gasteiger charge is -2.57. The molecule has 2 heteroatoms. The molecule has 2 atom stereocenters. The Labute approximate surface area is 86.7 Å². The highest BCUT2D eigenvalue weighted by molar-refractivity contribution is 5.73. The van der Waals surface area contributed by atoms with Gasteiger partial charge in [-0.1, -0.05) is 13.8 Å². The van der Waals surface area contributed by atoms with Crippen LogP contribution in [-0.2, 0) is 4.79 Å². The van der Waals surface area contributed by atoms with Crippen molar-refractivity contribution in [2.45, 2.75) is 40.0 Å². The summed E-state index contributed by atoms with van der Waals surface area (Å²) in [5.41, 5.74) is 0.589. The zero-order chi connectivity index (χ0) is 10.3. The number of carbonyl (C=O) groups excluding carboxylic acids is 1. The molecular weight excluding hydrogens is 174 g/mol. The number of amides is 1. The van der Waals surface area contributed by atoms with Crippen LogP contribution in [0, 0.1) is 17.3 Å². The van der Waals surface area contributed by atoms with Crippen molar-refractivity contribution in [1.29, 1.82) is 0 Å². The highest BCUT2D eigenvalue weighted by atomic mass is 16.2. The molecule has 1 saturated carbocycles. The van der Waals surface area contributed by atoms with Crippen LogP contribution >= 0.6 is 0 Å². The summed E-state index contributed by atoms with van der Waals surface area (Å²) >= 11 is 0. The van der Waals surface area contributed by atoms with Gasteiger partial charge in [0, 0.05) is 20.0 Å². The molecule has 2 aliphatic rings. The Morgan fingerprint density at radius 3 is 2.07 bits per heavy atom. The predicted octanol–water partition coefficient (Wildman–Crippen LogP) is 2.29. The Kier molecular flexibility index (Phi) is 2.32. The molecule has 0 N–H and O–H groups in total. The third-order valence-electron chi connectivity index (χ3n) is 4.81. The molecule has 14 heavy (non-hydrogen) atoms. The summed E-state index contributed by atoms with van der Waals surface area (Å²) in [6, 6.07) is 0. The number of carbonyl (C=O) groups is 1. The van der Waals surface area contributed by atoms with E-state index in [2.05, 4.69) is 13.8 Å². The van der Waals surface area contributed by atoms with Crippen molar-refractivity contribution in [3.05, 3.63) is 0 Å². The van der Waals surface area contributed by atoms with Gasteiger partial charge in [-0.05, 0) is 36.5 Å². The minimum absolute atomic E-state index is 0.250. The molecule has 1 heterocycles. The average Bonchev–Trinajstić information content (AvgIpc) is 2.18. The first-order valence-electron chi connectivity index (χ1n) is 5.82. The molecule has 2 unspecified atom stereocenters. The van der Waals surface area contributed by atoms with Gasteiger partial charge < -0.3 is 4.90 Å². The normalized spacial score (nSPS) is 35.5. The third kappa shape index (κ3) is 1.27. The van der Waals surface area contributed by atoms with Gasteiger partial charge >= 0.3 is 0 Å². The molecular formula is C12H21NO. The van der Waals surface area contributed by atoms with E-state index in [4.69, 9.17) is 0 Å². The molecule has 0 aromatic rings. The number of nitrogens with zero attached hydrogens (tertiary/aromatic N) is 1. The van der Waals surface area contributed by atoms with E-state index in [1.54, 1.807) is 6.92 Å². The van der Waals surface area contributed by atoms with Gasteiger partial charge in [0.15, 0.2) is 0 Å². The molecule has 0 radical (unpaired) electrons. The van der Waals surface area contributed by atoms with Gasteiger partial charge in [0.1, 0.15) is 0 Å². The fraction of sp³-hybridized carbons (Fsp3) is 0.917. The minimum Gasteiger partial charge on any atom is -0.343 e. The zero-order valence-electron chi connectivity index (χ0n) is 9.55. The SMILES string of the molecule is CC(=O)N1CCC2(CC1)C(C)CC2C. The van der Waals surface area contributed by atoms with Gasteiger partial charge in [-0.15, -0.1) is 0 Å². The maximum Gasteiger partial charge on any atom is 0.219 e. The smallest absolute Gasteiger partial charge is 0.219 e. The van der Waals surface area contributed by atoms with Crippen LogP contribution in [0.4, 0.5) is 0 Å². The summed E-state index contributed by atoms with van der Waals surface area (Å²) in [5, 5.41) is 0. The van der Waals surface area contributed by atoms with Crippen LogP contribution in [0.3, 0.4) is 0 Å². The van der Waals surface area contributed by atoms with Gasteiger partial charge in [0.2, 0.25) is 5.91 Å². The predicted molar refractivity (Wildman–Crippen MR) is 56.9 cm³/mol. The molecule has 1 saturated heterocycles. The Morgan fingerprint density at radius 1 is 1.21 bits per heavy atom. The summed E-state index contributed by atoms with van der Waals surface area (Å²) in [4.78, 5) is 13.2. The molecule has 2 nitrogen and oxygen atoms in total. The number of piperidine rings is 1. The van der Waals surface area contributed by atoms with Gasteiger partial charge in [-0.25, -0.2) is 0 Å². The molecule has 1 spiro atoms. The maximum atomic E-state index is 11.2. The van der Waals surface area contributed by atoms with Gasteiger partial charge in [-0.3, -0.25) is 4.79 Å². The lowest BCUT2D eigenvalue weighted by atomic mass is 9.50. The Hall–Kier alpha value is -0.530. The van der Waals surface area contributed by atoms with E-state index in [-0.39, 0.29) is 5.91 Å². The lowest BCUT2D eigenvalue weighted by Crippen LogP contribution is -2.54. The monoisotopic (exact) mass is 195 g/mol. The number of hydrogen-bond donors (Lipinski definition) is 0. The second kappa shape index (κ2) is 3.25. The van der Waals surface area contributed by atoms with E-state index in [0.29, 0.717) is 5.41 Å². The highest BCUT2D eigenvalue weighted by Gasteiger charge is 2.51. The van der Waals surface area contributed by atoms with Crippen LogP contribution in [0.25, 0.3) is 0 Å². The van der Waals surface area contributed by atoms with Crippen LogP contribution in [0.15, 0.2) is 0 Å². The lowest BCUT2D eigenvalue weighted by molar-refractivity contribution is -0.137. The Balaban J connectivity index is 1.98.